The molecule has 2 aromatic carbocycles. The molecule has 2 aromatic rings. The highest BCUT2D eigenvalue weighted by Crippen LogP contribution is 2.46. The number of Topliss-reactive ketones (excluding diaryl/α,β-unsaturated/α-hetero) is 1. The SMILES string of the molecule is CC1(C)SCCC(CCCCCOc2cc(O)c3c(c2)OC(c2ccc(O)c(O)c2)C(O)C3=O)S1. The van der Waals surface area contributed by atoms with E-state index in [1.54, 1.807) is 0 Å². The number of carbonyl (C=O) groups is 1. The van der Waals surface area contributed by atoms with Gasteiger partial charge in [0.15, 0.2) is 23.7 Å². The zero-order chi connectivity index (χ0) is 25.2. The molecular weight excluding hydrogens is 488 g/mol. The normalized spacial score (nSPS) is 23.4. The van der Waals surface area contributed by atoms with Crippen LogP contribution in [0.1, 0.15) is 68.0 Å². The Hall–Kier alpha value is -2.23. The molecule has 0 amide bonds. The molecule has 2 aliphatic rings. The van der Waals surface area contributed by atoms with E-state index in [2.05, 4.69) is 25.6 Å². The number of phenols is 3. The summed E-state index contributed by atoms with van der Waals surface area (Å²) in [6.45, 7) is 5.07. The van der Waals surface area contributed by atoms with Gasteiger partial charge in [0.25, 0.3) is 0 Å². The van der Waals surface area contributed by atoms with Gasteiger partial charge in [-0.15, -0.1) is 23.5 Å². The number of fused-ring (bicyclic) bond motifs is 1. The van der Waals surface area contributed by atoms with Gasteiger partial charge in [-0.2, -0.15) is 0 Å². The van der Waals surface area contributed by atoms with Crippen molar-refractivity contribution in [2.24, 2.45) is 0 Å². The summed E-state index contributed by atoms with van der Waals surface area (Å²) in [4.78, 5) is 12.7. The van der Waals surface area contributed by atoms with Crippen LogP contribution in [0.2, 0.25) is 0 Å². The number of aliphatic hydroxyl groups is 1. The summed E-state index contributed by atoms with van der Waals surface area (Å²) in [6.07, 6.45) is 2.88. The molecule has 0 radical (unpaired) electrons. The summed E-state index contributed by atoms with van der Waals surface area (Å²) < 4.78 is 12.0. The monoisotopic (exact) mass is 520 g/mol. The van der Waals surface area contributed by atoms with Crippen LogP contribution in [-0.4, -0.2) is 54.0 Å². The summed E-state index contributed by atoms with van der Waals surface area (Å²) in [5.41, 5.74) is 0.214. The van der Waals surface area contributed by atoms with Gasteiger partial charge < -0.3 is 29.9 Å². The molecule has 0 spiro atoms. The fourth-order valence-corrected chi connectivity index (χ4v) is 7.73. The van der Waals surface area contributed by atoms with Crippen LogP contribution < -0.4 is 9.47 Å². The number of hydrogen-bond acceptors (Lipinski definition) is 9. The van der Waals surface area contributed by atoms with E-state index in [0.717, 1.165) is 24.5 Å². The summed E-state index contributed by atoms with van der Waals surface area (Å²) in [6, 6.07) is 6.83. The standard InChI is InChI=1S/C26H32O7S2/c1-26(2)34-11-9-17(35-26)6-4-3-5-10-32-16-13-20(29)22-21(14-16)33-25(24(31)23(22)30)15-7-8-18(27)19(28)12-15/h7-8,12-14,17,24-25,27-29,31H,3-6,9-11H2,1-2H3. The van der Waals surface area contributed by atoms with Gasteiger partial charge >= 0.3 is 0 Å². The number of unbranched alkanes of at least 4 members (excludes halogenated alkanes) is 2. The van der Waals surface area contributed by atoms with Gasteiger partial charge in [-0.25, -0.2) is 0 Å². The smallest absolute Gasteiger partial charge is 0.202 e. The second-order valence-electron chi connectivity index (χ2n) is 9.39. The molecule has 2 heterocycles. The van der Waals surface area contributed by atoms with Crippen molar-refractivity contribution in [1.82, 2.24) is 0 Å². The molecule has 2 aliphatic heterocycles. The topological polar surface area (TPSA) is 116 Å². The quantitative estimate of drug-likeness (QED) is 0.268. The molecule has 3 unspecified atom stereocenters. The highest BCUT2D eigenvalue weighted by atomic mass is 32.2. The molecule has 7 nitrogen and oxygen atoms in total. The van der Waals surface area contributed by atoms with E-state index >= 15 is 0 Å². The van der Waals surface area contributed by atoms with Gasteiger partial charge in [0, 0.05) is 17.4 Å². The first kappa shape index (κ1) is 25.9. The highest BCUT2D eigenvalue weighted by Gasteiger charge is 2.39. The van der Waals surface area contributed by atoms with Crippen molar-refractivity contribution in [1.29, 1.82) is 0 Å². The molecule has 35 heavy (non-hydrogen) atoms. The van der Waals surface area contributed by atoms with Crippen LogP contribution in [0.5, 0.6) is 28.7 Å². The van der Waals surface area contributed by atoms with Crippen LogP contribution in [0, 0.1) is 0 Å². The van der Waals surface area contributed by atoms with Gasteiger partial charge in [0.1, 0.15) is 22.8 Å². The third-order valence-electron chi connectivity index (χ3n) is 6.22. The first-order valence-electron chi connectivity index (χ1n) is 11.9. The van der Waals surface area contributed by atoms with Crippen molar-refractivity contribution in [2.75, 3.05) is 12.4 Å². The van der Waals surface area contributed by atoms with Gasteiger partial charge in [0.2, 0.25) is 5.78 Å². The largest absolute Gasteiger partial charge is 0.507 e. The molecule has 1 fully saturated rings. The molecule has 1 saturated heterocycles. The summed E-state index contributed by atoms with van der Waals surface area (Å²) in [5.74, 6) is -0.00703. The lowest BCUT2D eigenvalue weighted by Crippen LogP contribution is -2.36. The van der Waals surface area contributed by atoms with E-state index in [9.17, 15) is 25.2 Å². The second-order valence-corrected chi connectivity index (χ2v) is 13.3. The van der Waals surface area contributed by atoms with E-state index in [1.807, 2.05) is 11.8 Å². The zero-order valence-corrected chi connectivity index (χ0v) is 21.5. The number of thioether (sulfide) groups is 2. The maximum atomic E-state index is 12.7. The minimum atomic E-state index is -1.57. The molecule has 4 rings (SSSR count). The molecular formula is C26H32O7S2. The number of phenolic OH excluding ortho intramolecular Hbond substituents is 3. The first-order valence-corrected chi connectivity index (χ1v) is 13.7. The number of hydrogen-bond donors (Lipinski definition) is 4. The highest BCUT2D eigenvalue weighted by molar-refractivity contribution is 8.19. The summed E-state index contributed by atoms with van der Waals surface area (Å²) in [5, 5.41) is 40.9. The predicted molar refractivity (Wildman–Crippen MR) is 138 cm³/mol. The fourth-order valence-electron chi connectivity index (χ4n) is 4.43. The Morgan fingerprint density at radius 3 is 2.60 bits per heavy atom. The number of aromatic hydroxyl groups is 3. The first-order chi connectivity index (χ1) is 16.6. The van der Waals surface area contributed by atoms with Crippen LogP contribution in [0.3, 0.4) is 0 Å². The van der Waals surface area contributed by atoms with Gasteiger partial charge in [-0.1, -0.05) is 18.9 Å². The van der Waals surface area contributed by atoms with Crippen LogP contribution in [0.25, 0.3) is 0 Å². The minimum Gasteiger partial charge on any atom is -0.507 e. The number of aliphatic hydroxyl groups excluding tert-OH is 1. The number of ether oxygens (including phenoxy) is 2. The molecule has 190 valence electrons. The molecule has 0 aromatic heterocycles. The number of carbonyl (C=O) groups excluding carboxylic acids is 1. The lowest BCUT2D eigenvalue weighted by molar-refractivity contribution is 0.0209. The lowest BCUT2D eigenvalue weighted by Gasteiger charge is -2.34. The molecule has 9 heteroatoms. The number of benzene rings is 2. The number of rotatable bonds is 8. The third-order valence-corrected chi connectivity index (χ3v) is 9.37. The van der Waals surface area contributed by atoms with E-state index in [-0.39, 0.29) is 28.6 Å². The Kier molecular flexibility index (Phi) is 7.98. The van der Waals surface area contributed by atoms with Gasteiger partial charge in [-0.3, -0.25) is 4.79 Å². The van der Waals surface area contributed by atoms with E-state index < -0.39 is 18.0 Å². The third kappa shape index (κ3) is 6.13. The minimum absolute atomic E-state index is 0.0997. The maximum Gasteiger partial charge on any atom is 0.202 e. The Balaban J connectivity index is 1.33. The lowest BCUT2D eigenvalue weighted by atomic mass is 9.92. The molecule has 0 aliphatic carbocycles. The van der Waals surface area contributed by atoms with Gasteiger partial charge in [-0.05, 0) is 56.6 Å². The maximum absolute atomic E-state index is 12.7. The van der Waals surface area contributed by atoms with Crippen molar-refractivity contribution in [3.63, 3.8) is 0 Å². The zero-order valence-electron chi connectivity index (χ0n) is 19.9. The summed E-state index contributed by atoms with van der Waals surface area (Å²) in [7, 11) is 0. The van der Waals surface area contributed by atoms with Crippen LogP contribution in [0.15, 0.2) is 30.3 Å². The van der Waals surface area contributed by atoms with E-state index in [1.165, 1.54) is 48.9 Å². The molecule has 0 saturated carbocycles. The van der Waals surface area contributed by atoms with Crippen LogP contribution in [-0.2, 0) is 0 Å². The van der Waals surface area contributed by atoms with Crippen molar-refractivity contribution in [3.05, 3.63) is 41.5 Å². The molecule has 4 N–H and O–H groups in total. The van der Waals surface area contributed by atoms with E-state index in [0.29, 0.717) is 22.0 Å². The van der Waals surface area contributed by atoms with Crippen molar-refractivity contribution < 1.29 is 34.7 Å². The Bertz CT molecular complexity index is 1070. The fraction of sp³-hybridized carbons (Fsp3) is 0.500. The van der Waals surface area contributed by atoms with Crippen LogP contribution >= 0.6 is 23.5 Å². The average Bonchev–Trinajstić information content (AvgIpc) is 2.79. The Morgan fingerprint density at radius 1 is 1.06 bits per heavy atom. The average molecular weight is 521 g/mol. The van der Waals surface area contributed by atoms with Crippen molar-refractivity contribution in [2.45, 2.75) is 67.5 Å². The predicted octanol–water partition coefficient (Wildman–Crippen LogP) is 5.39. The van der Waals surface area contributed by atoms with Crippen molar-refractivity contribution in [3.8, 4) is 28.7 Å². The van der Waals surface area contributed by atoms with E-state index in [4.69, 9.17) is 9.47 Å². The Labute approximate surface area is 213 Å². The molecule has 3 atom stereocenters. The summed E-state index contributed by atoms with van der Waals surface area (Å²) >= 11 is 4.12. The van der Waals surface area contributed by atoms with Gasteiger partial charge in [0.05, 0.1) is 10.7 Å². The number of ketones is 1. The molecule has 0 bridgehead atoms. The van der Waals surface area contributed by atoms with Crippen LogP contribution in [0.4, 0.5) is 0 Å². The second kappa shape index (κ2) is 10.8. The Morgan fingerprint density at radius 2 is 1.86 bits per heavy atom. The van der Waals surface area contributed by atoms with Crippen molar-refractivity contribution >= 4 is 29.3 Å².